The van der Waals surface area contributed by atoms with Gasteiger partial charge in [-0.1, -0.05) is 29.8 Å². The van der Waals surface area contributed by atoms with E-state index in [0.717, 1.165) is 11.1 Å². The number of nitrogens with zero attached hydrogens (tertiary/aromatic N) is 1. The first-order valence-corrected chi connectivity index (χ1v) is 9.39. The molecule has 0 radical (unpaired) electrons. The van der Waals surface area contributed by atoms with Crippen molar-refractivity contribution in [3.05, 3.63) is 53.6 Å². The zero-order valence-electron chi connectivity index (χ0n) is 17.0. The largest absolute Gasteiger partial charge is 0.479 e. The monoisotopic (exact) mass is 381 g/mol. The van der Waals surface area contributed by atoms with Gasteiger partial charge in [0.15, 0.2) is 6.10 Å². The minimum atomic E-state index is -0.587. The van der Waals surface area contributed by atoms with Crippen molar-refractivity contribution in [2.75, 3.05) is 10.2 Å². The van der Waals surface area contributed by atoms with Crippen molar-refractivity contribution in [2.24, 2.45) is 0 Å². The fourth-order valence-electron chi connectivity index (χ4n) is 3.15. The smallest absolute Gasteiger partial charge is 0.319 e. The molecule has 0 unspecified atom stereocenters. The van der Waals surface area contributed by atoms with E-state index >= 15 is 0 Å². The predicted octanol–water partition coefficient (Wildman–Crippen LogP) is 4.23. The van der Waals surface area contributed by atoms with Crippen LogP contribution < -0.4 is 20.3 Å². The van der Waals surface area contributed by atoms with Gasteiger partial charge in [0.1, 0.15) is 5.75 Å². The highest BCUT2D eigenvalue weighted by Crippen LogP contribution is 2.37. The van der Waals surface area contributed by atoms with E-state index in [1.165, 1.54) is 0 Å². The van der Waals surface area contributed by atoms with Crippen LogP contribution in [0.15, 0.2) is 42.5 Å². The van der Waals surface area contributed by atoms with E-state index in [-0.39, 0.29) is 17.5 Å². The Morgan fingerprint density at radius 3 is 2.61 bits per heavy atom. The van der Waals surface area contributed by atoms with Crippen molar-refractivity contribution in [1.82, 2.24) is 5.32 Å². The number of carbonyl (C=O) groups is 2. The van der Waals surface area contributed by atoms with Crippen LogP contribution in [-0.2, 0) is 11.3 Å². The van der Waals surface area contributed by atoms with Gasteiger partial charge in [-0.2, -0.15) is 0 Å². The summed E-state index contributed by atoms with van der Waals surface area (Å²) in [5.74, 6) is 0.494. The minimum Gasteiger partial charge on any atom is -0.479 e. The summed E-state index contributed by atoms with van der Waals surface area (Å²) in [4.78, 5) is 26.6. The van der Waals surface area contributed by atoms with Crippen molar-refractivity contribution in [1.29, 1.82) is 0 Å². The van der Waals surface area contributed by atoms with Crippen molar-refractivity contribution in [3.8, 4) is 5.75 Å². The fourth-order valence-corrected chi connectivity index (χ4v) is 3.15. The molecule has 148 valence electrons. The molecule has 3 amide bonds. The second-order valence-electron chi connectivity index (χ2n) is 8.19. The molecule has 2 N–H and O–H groups in total. The van der Waals surface area contributed by atoms with Gasteiger partial charge in [-0.25, -0.2) is 4.79 Å². The standard InChI is InChI=1S/C22H27N3O3/c1-14-7-6-8-16(11-14)13-25-18-10-9-17(23-21(27)24-22(3,4)5)12-19(18)28-15(2)20(25)26/h6-12,15H,13H2,1-5H3,(H2,23,24,27)/t15-/m1/s1. The fraction of sp³-hybridized carbons (Fsp3) is 0.364. The molecule has 6 nitrogen and oxygen atoms in total. The highest BCUT2D eigenvalue weighted by Gasteiger charge is 2.31. The van der Waals surface area contributed by atoms with Crippen molar-refractivity contribution in [3.63, 3.8) is 0 Å². The quantitative estimate of drug-likeness (QED) is 0.836. The molecular weight excluding hydrogens is 354 g/mol. The highest BCUT2D eigenvalue weighted by atomic mass is 16.5. The number of hydrogen-bond acceptors (Lipinski definition) is 3. The molecule has 2 aromatic rings. The maximum Gasteiger partial charge on any atom is 0.319 e. The number of nitrogens with one attached hydrogen (secondary N) is 2. The molecule has 1 atom stereocenters. The summed E-state index contributed by atoms with van der Waals surface area (Å²) in [6, 6.07) is 13.1. The number of anilines is 2. The van der Waals surface area contributed by atoms with Crippen LogP contribution in [0.2, 0.25) is 0 Å². The number of rotatable bonds is 3. The number of fused-ring (bicyclic) bond motifs is 1. The molecule has 1 aliphatic rings. The van der Waals surface area contributed by atoms with E-state index < -0.39 is 6.10 Å². The van der Waals surface area contributed by atoms with Gasteiger partial charge in [-0.15, -0.1) is 0 Å². The van der Waals surface area contributed by atoms with Gasteiger partial charge in [0, 0.05) is 17.3 Å². The Kier molecular flexibility index (Phi) is 5.31. The summed E-state index contributed by atoms with van der Waals surface area (Å²) < 4.78 is 5.80. The molecule has 0 saturated carbocycles. The Morgan fingerprint density at radius 2 is 1.93 bits per heavy atom. The lowest BCUT2D eigenvalue weighted by Gasteiger charge is -2.33. The zero-order valence-corrected chi connectivity index (χ0v) is 17.0. The molecule has 6 heteroatoms. The van der Waals surface area contributed by atoms with Crippen LogP contribution in [-0.4, -0.2) is 23.6 Å². The van der Waals surface area contributed by atoms with Gasteiger partial charge >= 0.3 is 6.03 Å². The second-order valence-corrected chi connectivity index (χ2v) is 8.19. The number of benzene rings is 2. The van der Waals surface area contributed by atoms with Gasteiger partial charge in [-0.3, -0.25) is 4.79 Å². The first-order chi connectivity index (χ1) is 13.1. The van der Waals surface area contributed by atoms with Gasteiger partial charge in [0.05, 0.1) is 12.2 Å². The maximum atomic E-state index is 12.7. The normalized spacial score (nSPS) is 16.2. The molecule has 3 rings (SSSR count). The Morgan fingerprint density at radius 1 is 1.18 bits per heavy atom. The summed E-state index contributed by atoms with van der Waals surface area (Å²) in [7, 11) is 0. The van der Waals surface area contributed by atoms with Crippen LogP contribution in [0.3, 0.4) is 0 Å². The molecule has 0 aromatic heterocycles. The maximum absolute atomic E-state index is 12.7. The average Bonchev–Trinajstić information content (AvgIpc) is 2.57. The van der Waals surface area contributed by atoms with Gasteiger partial charge < -0.3 is 20.3 Å². The molecular formula is C22H27N3O3. The summed E-state index contributed by atoms with van der Waals surface area (Å²) in [6.07, 6.45) is -0.587. The van der Waals surface area contributed by atoms with Crippen LogP contribution in [0.4, 0.5) is 16.2 Å². The third-order valence-corrected chi connectivity index (χ3v) is 4.34. The Labute approximate surface area is 165 Å². The first kappa shape index (κ1) is 19.7. The van der Waals surface area contributed by atoms with Crippen molar-refractivity contribution < 1.29 is 14.3 Å². The Bertz CT molecular complexity index is 902. The van der Waals surface area contributed by atoms with Crippen LogP contribution in [0, 0.1) is 6.92 Å². The van der Waals surface area contributed by atoms with Gasteiger partial charge in [-0.05, 0) is 52.3 Å². The summed E-state index contributed by atoms with van der Waals surface area (Å²) in [6.45, 7) is 9.98. The second kappa shape index (κ2) is 7.54. The predicted molar refractivity (Wildman–Crippen MR) is 111 cm³/mol. The van der Waals surface area contributed by atoms with E-state index in [9.17, 15) is 9.59 Å². The molecule has 0 aliphatic carbocycles. The lowest BCUT2D eigenvalue weighted by molar-refractivity contribution is -0.125. The molecule has 0 fully saturated rings. The highest BCUT2D eigenvalue weighted by molar-refractivity contribution is 6.00. The average molecular weight is 381 g/mol. The number of amides is 3. The third-order valence-electron chi connectivity index (χ3n) is 4.34. The minimum absolute atomic E-state index is 0.0832. The molecule has 0 spiro atoms. The number of carbonyl (C=O) groups excluding carboxylic acids is 2. The molecule has 1 aliphatic heterocycles. The molecule has 0 saturated heterocycles. The third kappa shape index (κ3) is 4.63. The Balaban J connectivity index is 1.84. The lowest BCUT2D eigenvalue weighted by atomic mass is 10.1. The van der Waals surface area contributed by atoms with E-state index in [1.54, 1.807) is 24.0 Å². The first-order valence-electron chi connectivity index (χ1n) is 9.39. The number of urea groups is 1. The van der Waals surface area contributed by atoms with Crippen LogP contribution in [0.1, 0.15) is 38.8 Å². The van der Waals surface area contributed by atoms with Crippen LogP contribution in [0.25, 0.3) is 0 Å². The number of aryl methyl sites for hydroxylation is 1. The molecule has 28 heavy (non-hydrogen) atoms. The summed E-state index contributed by atoms with van der Waals surface area (Å²) >= 11 is 0. The topological polar surface area (TPSA) is 70.7 Å². The van der Waals surface area contributed by atoms with E-state index in [0.29, 0.717) is 23.7 Å². The van der Waals surface area contributed by atoms with Crippen LogP contribution in [0.5, 0.6) is 5.75 Å². The van der Waals surface area contributed by atoms with Crippen LogP contribution >= 0.6 is 0 Å². The van der Waals surface area contributed by atoms with Crippen molar-refractivity contribution in [2.45, 2.75) is 52.8 Å². The summed E-state index contributed by atoms with van der Waals surface area (Å²) in [5.41, 5.74) is 3.18. The lowest BCUT2D eigenvalue weighted by Crippen LogP contribution is -2.44. The van der Waals surface area contributed by atoms with Gasteiger partial charge in [0.25, 0.3) is 5.91 Å². The Hall–Kier alpha value is -3.02. The summed E-state index contributed by atoms with van der Waals surface area (Å²) in [5, 5.41) is 5.67. The number of hydrogen-bond donors (Lipinski definition) is 2. The molecule has 0 bridgehead atoms. The van der Waals surface area contributed by atoms with Crippen molar-refractivity contribution >= 4 is 23.3 Å². The van der Waals surface area contributed by atoms with E-state index in [4.69, 9.17) is 4.74 Å². The van der Waals surface area contributed by atoms with E-state index in [2.05, 4.69) is 16.7 Å². The zero-order chi connectivity index (χ0) is 20.5. The number of ether oxygens (including phenoxy) is 1. The van der Waals surface area contributed by atoms with Gasteiger partial charge in [0.2, 0.25) is 0 Å². The SMILES string of the molecule is Cc1cccc(CN2C(=O)[C@@H](C)Oc3cc(NC(=O)NC(C)(C)C)ccc32)c1. The molecule has 1 heterocycles. The molecule has 2 aromatic carbocycles. The van der Waals surface area contributed by atoms with E-state index in [1.807, 2.05) is 52.0 Å².